The number of benzene rings is 4. The molecule has 7 heteroatoms. The predicted molar refractivity (Wildman–Crippen MR) is 146 cm³/mol. The zero-order valence-corrected chi connectivity index (χ0v) is 21.9. The van der Waals surface area contributed by atoms with Crippen LogP contribution in [0.25, 0.3) is 0 Å². The fraction of sp³-hybridized carbons (Fsp3) is 0.167. The first-order chi connectivity index (χ1) is 17.8. The second-order valence-corrected chi connectivity index (χ2v) is 10.6. The van der Waals surface area contributed by atoms with Crippen molar-refractivity contribution in [1.82, 2.24) is 5.32 Å². The van der Waals surface area contributed by atoms with E-state index in [9.17, 15) is 13.2 Å². The molecule has 0 aliphatic rings. The Kier molecular flexibility index (Phi) is 7.94. The molecule has 6 nitrogen and oxygen atoms in total. The van der Waals surface area contributed by atoms with Gasteiger partial charge >= 0.3 is 0 Å². The molecule has 1 amide bonds. The third kappa shape index (κ3) is 5.84. The molecule has 0 saturated carbocycles. The highest BCUT2D eigenvalue weighted by atomic mass is 32.2. The maximum atomic E-state index is 13.8. The molecular formula is C30H30N2O4S. The number of ether oxygens (including phenoxy) is 1. The van der Waals surface area contributed by atoms with Gasteiger partial charge in [-0.25, -0.2) is 8.42 Å². The first-order valence-corrected chi connectivity index (χ1v) is 13.4. The van der Waals surface area contributed by atoms with Crippen LogP contribution in [0.1, 0.15) is 28.3 Å². The van der Waals surface area contributed by atoms with Crippen LogP contribution in [0.5, 0.6) is 5.75 Å². The number of para-hydroxylation sites is 2. The van der Waals surface area contributed by atoms with Crippen molar-refractivity contribution in [2.45, 2.75) is 24.8 Å². The number of sulfonamides is 1. The normalized spacial score (nSPS) is 12.0. The number of carbonyl (C=O) groups is 1. The van der Waals surface area contributed by atoms with Crippen LogP contribution in [0, 0.1) is 13.8 Å². The average molecular weight is 515 g/mol. The number of aryl methyl sites for hydroxylation is 2. The maximum Gasteiger partial charge on any atom is 0.264 e. The minimum Gasteiger partial charge on any atom is -0.495 e. The summed E-state index contributed by atoms with van der Waals surface area (Å²) in [4.78, 5) is 13.7. The number of methoxy groups -OCH3 is 1. The van der Waals surface area contributed by atoms with E-state index in [1.807, 2.05) is 68.4 Å². The molecule has 1 unspecified atom stereocenters. The van der Waals surface area contributed by atoms with Gasteiger partial charge in [-0.3, -0.25) is 9.10 Å². The van der Waals surface area contributed by atoms with Crippen molar-refractivity contribution in [2.24, 2.45) is 0 Å². The number of amides is 1. The van der Waals surface area contributed by atoms with E-state index in [1.54, 1.807) is 48.5 Å². The van der Waals surface area contributed by atoms with E-state index >= 15 is 0 Å². The number of carbonyl (C=O) groups excluding carboxylic acids is 1. The molecule has 0 radical (unpaired) electrons. The lowest BCUT2D eigenvalue weighted by molar-refractivity contribution is -0.120. The van der Waals surface area contributed by atoms with Gasteiger partial charge in [-0.15, -0.1) is 0 Å². The summed E-state index contributed by atoms with van der Waals surface area (Å²) in [7, 11) is -2.61. The minimum absolute atomic E-state index is 0.0929. The number of hydrogen-bond donors (Lipinski definition) is 1. The van der Waals surface area contributed by atoms with Crippen LogP contribution in [0.15, 0.2) is 108 Å². The Balaban J connectivity index is 1.73. The fourth-order valence-electron chi connectivity index (χ4n) is 4.21. The summed E-state index contributed by atoms with van der Waals surface area (Å²) in [6.07, 6.45) is 0. The standard InChI is InChI=1S/C30H30N2O4S/c1-22-17-19-25(20-18-22)37(34,35)32(27-15-9-10-16-28(27)36-3)21-29(33)31-30(24-12-5-4-6-13-24)26-14-8-7-11-23(26)2/h4-20,30H,21H2,1-3H3,(H,31,33). The highest BCUT2D eigenvalue weighted by Crippen LogP contribution is 2.32. The van der Waals surface area contributed by atoms with Gasteiger partial charge in [0, 0.05) is 0 Å². The van der Waals surface area contributed by atoms with E-state index in [0.29, 0.717) is 5.75 Å². The lowest BCUT2D eigenvalue weighted by atomic mass is 9.95. The molecule has 0 aliphatic carbocycles. The van der Waals surface area contributed by atoms with Crippen LogP contribution in [0.4, 0.5) is 5.69 Å². The van der Waals surface area contributed by atoms with E-state index < -0.39 is 28.5 Å². The molecule has 4 rings (SSSR count). The summed E-state index contributed by atoms with van der Waals surface area (Å²) in [5, 5.41) is 3.07. The quantitative estimate of drug-likeness (QED) is 0.324. The molecule has 4 aromatic rings. The third-order valence-electron chi connectivity index (χ3n) is 6.19. The molecule has 0 spiro atoms. The van der Waals surface area contributed by atoms with Crippen LogP contribution in [-0.4, -0.2) is 28.0 Å². The molecule has 0 bridgehead atoms. The van der Waals surface area contributed by atoms with Gasteiger partial charge in [-0.1, -0.05) is 84.4 Å². The molecule has 1 N–H and O–H groups in total. The fourth-order valence-corrected chi connectivity index (χ4v) is 5.64. The first-order valence-electron chi connectivity index (χ1n) is 11.9. The van der Waals surface area contributed by atoms with Crippen molar-refractivity contribution in [1.29, 1.82) is 0 Å². The minimum atomic E-state index is -4.08. The summed E-state index contributed by atoms with van der Waals surface area (Å²) in [6.45, 7) is 3.45. The monoisotopic (exact) mass is 514 g/mol. The van der Waals surface area contributed by atoms with Gasteiger partial charge in [0.05, 0.1) is 23.7 Å². The van der Waals surface area contributed by atoms with Crippen molar-refractivity contribution in [3.63, 3.8) is 0 Å². The topological polar surface area (TPSA) is 75.7 Å². The second kappa shape index (κ2) is 11.3. The first kappa shape index (κ1) is 26.0. The Morgan fingerprint density at radius 1 is 0.838 bits per heavy atom. The van der Waals surface area contributed by atoms with Crippen LogP contribution in [0.3, 0.4) is 0 Å². The smallest absolute Gasteiger partial charge is 0.264 e. The summed E-state index contributed by atoms with van der Waals surface area (Å²) < 4.78 is 34.2. The van der Waals surface area contributed by atoms with E-state index in [0.717, 1.165) is 26.6 Å². The molecule has 37 heavy (non-hydrogen) atoms. The Bertz CT molecular complexity index is 1470. The Hall–Kier alpha value is -4.10. The molecule has 0 saturated heterocycles. The van der Waals surface area contributed by atoms with Gasteiger partial charge in [0.25, 0.3) is 10.0 Å². The van der Waals surface area contributed by atoms with Crippen molar-refractivity contribution in [2.75, 3.05) is 18.0 Å². The van der Waals surface area contributed by atoms with Crippen LogP contribution < -0.4 is 14.4 Å². The van der Waals surface area contributed by atoms with E-state index in [4.69, 9.17) is 4.74 Å². The zero-order valence-electron chi connectivity index (χ0n) is 21.1. The molecule has 0 aliphatic heterocycles. The Morgan fingerprint density at radius 3 is 2.14 bits per heavy atom. The van der Waals surface area contributed by atoms with E-state index in [2.05, 4.69) is 5.32 Å². The second-order valence-electron chi connectivity index (χ2n) is 8.76. The molecule has 0 aromatic heterocycles. The molecule has 0 heterocycles. The lowest BCUT2D eigenvalue weighted by Crippen LogP contribution is -2.42. The van der Waals surface area contributed by atoms with Crippen LogP contribution in [0.2, 0.25) is 0 Å². The van der Waals surface area contributed by atoms with Gasteiger partial charge in [0.2, 0.25) is 5.91 Å². The highest BCUT2D eigenvalue weighted by molar-refractivity contribution is 7.92. The third-order valence-corrected chi connectivity index (χ3v) is 7.96. The van der Waals surface area contributed by atoms with E-state index in [1.165, 1.54) is 7.11 Å². The molecular weight excluding hydrogens is 484 g/mol. The number of rotatable bonds is 9. The summed E-state index contributed by atoms with van der Waals surface area (Å²) in [5.74, 6) is -0.0943. The van der Waals surface area contributed by atoms with Gasteiger partial charge in [-0.05, 0) is 54.8 Å². The zero-order chi connectivity index (χ0) is 26.4. The van der Waals surface area contributed by atoms with Gasteiger partial charge in [0.15, 0.2) is 0 Å². The molecule has 1 atom stereocenters. The van der Waals surface area contributed by atoms with Crippen molar-refractivity contribution in [3.8, 4) is 5.75 Å². The average Bonchev–Trinajstić information content (AvgIpc) is 2.91. The van der Waals surface area contributed by atoms with Crippen LogP contribution >= 0.6 is 0 Å². The van der Waals surface area contributed by atoms with Gasteiger partial charge < -0.3 is 10.1 Å². The predicted octanol–water partition coefficient (Wildman–Crippen LogP) is 5.41. The largest absolute Gasteiger partial charge is 0.495 e. The maximum absolute atomic E-state index is 13.8. The van der Waals surface area contributed by atoms with E-state index in [-0.39, 0.29) is 10.6 Å². The lowest BCUT2D eigenvalue weighted by Gasteiger charge is -2.27. The van der Waals surface area contributed by atoms with Crippen LogP contribution in [-0.2, 0) is 14.8 Å². The SMILES string of the molecule is COc1ccccc1N(CC(=O)NC(c1ccccc1)c1ccccc1C)S(=O)(=O)c1ccc(C)cc1. The molecule has 0 fully saturated rings. The summed E-state index contributed by atoms with van der Waals surface area (Å²) in [5.41, 5.74) is 4.07. The Morgan fingerprint density at radius 2 is 1.46 bits per heavy atom. The number of anilines is 1. The van der Waals surface area contributed by atoms with Gasteiger partial charge in [0.1, 0.15) is 12.3 Å². The van der Waals surface area contributed by atoms with Crippen molar-refractivity contribution in [3.05, 3.63) is 125 Å². The van der Waals surface area contributed by atoms with Gasteiger partial charge in [-0.2, -0.15) is 0 Å². The highest BCUT2D eigenvalue weighted by Gasteiger charge is 2.30. The Labute approximate surface area is 218 Å². The van der Waals surface area contributed by atoms with Crippen molar-refractivity contribution < 1.29 is 17.9 Å². The number of nitrogens with zero attached hydrogens (tertiary/aromatic N) is 1. The summed E-state index contributed by atoms with van der Waals surface area (Å²) in [6, 6.07) is 30.3. The molecule has 4 aromatic carbocycles. The summed E-state index contributed by atoms with van der Waals surface area (Å²) >= 11 is 0. The van der Waals surface area contributed by atoms with Crippen molar-refractivity contribution >= 4 is 21.6 Å². The molecule has 190 valence electrons. The number of hydrogen-bond acceptors (Lipinski definition) is 4. The number of nitrogens with one attached hydrogen (secondary N) is 1.